The number of nitrogens with one attached hydrogen (secondary N) is 1. The van der Waals surface area contributed by atoms with Crippen LogP contribution in [-0.4, -0.2) is 28.0 Å². The summed E-state index contributed by atoms with van der Waals surface area (Å²) in [5.74, 6) is 1.61. The molecule has 1 aromatic carbocycles. The fourth-order valence-electron chi connectivity index (χ4n) is 3.60. The lowest BCUT2D eigenvalue weighted by Crippen LogP contribution is -2.39. The van der Waals surface area contributed by atoms with Gasteiger partial charge in [0.1, 0.15) is 5.69 Å². The summed E-state index contributed by atoms with van der Waals surface area (Å²) in [6.07, 6.45) is 9.87. The molecular weight excluding hydrogens is 356 g/mol. The van der Waals surface area contributed by atoms with Crippen LogP contribution in [0.1, 0.15) is 29.8 Å². The van der Waals surface area contributed by atoms with Gasteiger partial charge in [0, 0.05) is 31.2 Å². The smallest absolute Gasteiger partial charge is 0.229 e. The van der Waals surface area contributed by atoms with Crippen molar-refractivity contribution in [3.05, 3.63) is 41.3 Å². The lowest BCUT2D eigenvalue weighted by Gasteiger charge is -2.40. The first-order valence-corrected chi connectivity index (χ1v) is 10.1. The molecule has 1 N–H and O–H groups in total. The quantitative estimate of drug-likeness (QED) is 0.711. The fraction of sp³-hybridized carbons (Fsp3) is 0.350. The van der Waals surface area contributed by atoms with E-state index < -0.39 is 0 Å². The second-order valence-corrected chi connectivity index (χ2v) is 8.53. The summed E-state index contributed by atoms with van der Waals surface area (Å²) in [5, 5.41) is 4.50. The van der Waals surface area contributed by atoms with E-state index in [0.717, 1.165) is 33.3 Å². The standard InChI is InChI=1S/C20H22N6S/c1-12-9-16-18(27-13(2)22-16)10-15(12)23-20-21-11-17-19(24-20)26(8-7-25(17)3)14-5-4-6-14/h7-11,14H,4-6H2,1-3H3,(H,21,23,24). The molecule has 0 atom stereocenters. The van der Waals surface area contributed by atoms with Crippen molar-refractivity contribution in [3.8, 4) is 0 Å². The van der Waals surface area contributed by atoms with Crippen LogP contribution in [0.3, 0.4) is 0 Å². The molecule has 27 heavy (non-hydrogen) atoms. The van der Waals surface area contributed by atoms with Crippen molar-refractivity contribution in [3.63, 3.8) is 0 Å². The van der Waals surface area contributed by atoms with Crippen LogP contribution in [0, 0.1) is 13.8 Å². The van der Waals surface area contributed by atoms with E-state index in [9.17, 15) is 0 Å². The second-order valence-electron chi connectivity index (χ2n) is 7.30. The lowest BCUT2D eigenvalue weighted by atomic mass is 9.91. The van der Waals surface area contributed by atoms with E-state index in [1.165, 1.54) is 24.0 Å². The third kappa shape index (κ3) is 2.82. The Morgan fingerprint density at radius 1 is 1.15 bits per heavy atom. The van der Waals surface area contributed by atoms with E-state index in [4.69, 9.17) is 4.98 Å². The van der Waals surface area contributed by atoms with Crippen LogP contribution < -0.4 is 15.1 Å². The molecule has 1 fully saturated rings. The van der Waals surface area contributed by atoms with Crippen LogP contribution >= 0.6 is 11.3 Å². The molecular formula is C20H22N6S. The minimum Gasteiger partial charge on any atom is -0.345 e. The van der Waals surface area contributed by atoms with Gasteiger partial charge in [-0.15, -0.1) is 11.3 Å². The van der Waals surface area contributed by atoms with Gasteiger partial charge in [0.25, 0.3) is 0 Å². The highest BCUT2D eigenvalue weighted by Gasteiger charge is 2.29. The molecule has 0 radical (unpaired) electrons. The van der Waals surface area contributed by atoms with Crippen molar-refractivity contribution >= 4 is 44.7 Å². The zero-order valence-electron chi connectivity index (χ0n) is 15.7. The van der Waals surface area contributed by atoms with Gasteiger partial charge in [-0.3, -0.25) is 0 Å². The normalized spacial score (nSPS) is 16.6. The minimum atomic E-state index is 0.551. The number of hydrogen-bond donors (Lipinski definition) is 1. The first-order chi connectivity index (χ1) is 13.1. The van der Waals surface area contributed by atoms with E-state index in [-0.39, 0.29) is 0 Å². The Morgan fingerprint density at radius 2 is 2.00 bits per heavy atom. The van der Waals surface area contributed by atoms with Crippen LogP contribution in [0.2, 0.25) is 0 Å². The molecule has 0 saturated heterocycles. The molecule has 0 spiro atoms. The summed E-state index contributed by atoms with van der Waals surface area (Å²) in [6.45, 7) is 4.13. The van der Waals surface area contributed by atoms with Crippen molar-refractivity contribution in [2.45, 2.75) is 39.2 Å². The fourth-order valence-corrected chi connectivity index (χ4v) is 4.44. The molecule has 5 rings (SSSR count). The summed E-state index contributed by atoms with van der Waals surface area (Å²) in [6, 6.07) is 4.82. The van der Waals surface area contributed by atoms with Crippen molar-refractivity contribution in [1.82, 2.24) is 15.0 Å². The van der Waals surface area contributed by atoms with Crippen LogP contribution in [0.5, 0.6) is 0 Å². The van der Waals surface area contributed by atoms with Crippen molar-refractivity contribution < 1.29 is 0 Å². The maximum atomic E-state index is 4.87. The Morgan fingerprint density at radius 3 is 2.78 bits per heavy atom. The second kappa shape index (κ2) is 6.20. The van der Waals surface area contributed by atoms with Crippen LogP contribution in [0.4, 0.5) is 23.1 Å². The number of nitrogens with zero attached hydrogens (tertiary/aromatic N) is 5. The molecule has 0 bridgehead atoms. The number of aryl methyl sites for hydroxylation is 2. The highest BCUT2D eigenvalue weighted by molar-refractivity contribution is 7.18. The molecule has 0 amide bonds. The van der Waals surface area contributed by atoms with Gasteiger partial charge in [0.05, 0.1) is 21.4 Å². The molecule has 2 aromatic heterocycles. The van der Waals surface area contributed by atoms with Crippen LogP contribution in [0.15, 0.2) is 30.7 Å². The Kier molecular flexibility index (Phi) is 3.79. The van der Waals surface area contributed by atoms with Gasteiger partial charge in [-0.1, -0.05) is 0 Å². The third-order valence-corrected chi connectivity index (χ3v) is 6.32. The Hall–Kier alpha value is -2.67. The summed E-state index contributed by atoms with van der Waals surface area (Å²) < 4.78 is 1.18. The summed E-state index contributed by atoms with van der Waals surface area (Å²) >= 11 is 1.71. The average Bonchev–Trinajstić information content (AvgIpc) is 2.95. The molecule has 1 aliphatic heterocycles. The predicted octanol–water partition coefficient (Wildman–Crippen LogP) is 4.73. The van der Waals surface area contributed by atoms with Gasteiger partial charge in [0.2, 0.25) is 5.95 Å². The van der Waals surface area contributed by atoms with Gasteiger partial charge < -0.3 is 15.1 Å². The number of anilines is 4. The third-order valence-electron chi connectivity index (χ3n) is 5.38. The largest absolute Gasteiger partial charge is 0.345 e. The van der Waals surface area contributed by atoms with Gasteiger partial charge >= 0.3 is 0 Å². The Bertz CT molecular complexity index is 1050. The SMILES string of the molecule is Cc1nc2cc(C)c(Nc3ncc4c(n3)N(C3CCC3)C=CN4C)cc2s1. The number of hydrogen-bond acceptors (Lipinski definition) is 7. The first kappa shape index (κ1) is 16.5. The van der Waals surface area contributed by atoms with Gasteiger partial charge in [-0.25, -0.2) is 9.97 Å². The van der Waals surface area contributed by atoms with E-state index in [0.29, 0.717) is 12.0 Å². The summed E-state index contributed by atoms with van der Waals surface area (Å²) in [4.78, 5) is 18.4. The molecule has 1 aliphatic carbocycles. The van der Waals surface area contributed by atoms with Crippen molar-refractivity contribution in [2.75, 3.05) is 22.2 Å². The highest BCUT2D eigenvalue weighted by Crippen LogP contribution is 2.38. The molecule has 3 heterocycles. The van der Waals surface area contributed by atoms with Gasteiger partial charge in [0.15, 0.2) is 5.82 Å². The number of thiazole rings is 1. The monoisotopic (exact) mass is 378 g/mol. The maximum Gasteiger partial charge on any atom is 0.229 e. The van der Waals surface area contributed by atoms with Crippen LogP contribution in [-0.2, 0) is 0 Å². The molecule has 7 heteroatoms. The van der Waals surface area contributed by atoms with E-state index in [1.54, 1.807) is 11.3 Å². The van der Waals surface area contributed by atoms with Gasteiger partial charge in [-0.05, 0) is 50.8 Å². The van der Waals surface area contributed by atoms with Crippen LogP contribution in [0.25, 0.3) is 10.2 Å². The Balaban J connectivity index is 1.50. The van der Waals surface area contributed by atoms with E-state index >= 15 is 0 Å². The van der Waals surface area contributed by atoms with E-state index in [1.807, 2.05) is 20.2 Å². The molecule has 6 nitrogen and oxygen atoms in total. The van der Waals surface area contributed by atoms with Crippen molar-refractivity contribution in [2.24, 2.45) is 0 Å². The number of aromatic nitrogens is 3. The zero-order chi connectivity index (χ0) is 18.5. The van der Waals surface area contributed by atoms with E-state index in [2.05, 4.69) is 56.5 Å². The molecule has 0 unspecified atom stereocenters. The number of fused-ring (bicyclic) bond motifs is 2. The van der Waals surface area contributed by atoms with Gasteiger partial charge in [-0.2, -0.15) is 4.98 Å². The molecule has 1 saturated carbocycles. The minimum absolute atomic E-state index is 0.551. The highest BCUT2D eigenvalue weighted by atomic mass is 32.1. The molecule has 2 aliphatic rings. The topological polar surface area (TPSA) is 57.2 Å². The average molecular weight is 379 g/mol. The Labute approximate surface area is 162 Å². The summed E-state index contributed by atoms with van der Waals surface area (Å²) in [5.41, 5.74) is 4.26. The zero-order valence-corrected chi connectivity index (χ0v) is 16.5. The van der Waals surface area contributed by atoms with Crippen molar-refractivity contribution in [1.29, 1.82) is 0 Å². The lowest BCUT2D eigenvalue weighted by molar-refractivity contribution is 0.406. The first-order valence-electron chi connectivity index (χ1n) is 9.30. The summed E-state index contributed by atoms with van der Waals surface area (Å²) in [7, 11) is 2.04. The molecule has 138 valence electrons. The maximum absolute atomic E-state index is 4.87. The molecule has 3 aromatic rings. The predicted molar refractivity (Wildman–Crippen MR) is 112 cm³/mol. The number of benzene rings is 1. The number of rotatable bonds is 3.